The molecule has 0 aliphatic carbocycles. The van der Waals surface area contributed by atoms with E-state index < -0.39 is 30.3 Å². The van der Waals surface area contributed by atoms with Gasteiger partial charge in [0.05, 0.1) is 48.5 Å². The predicted octanol–water partition coefficient (Wildman–Crippen LogP) is 1.61. The lowest BCUT2D eigenvalue weighted by molar-refractivity contribution is -0.132. The standard InChI is InChI=1S/C26H30F3N7O5/c1-3-34(8-9-36-20-6-4-15(32-22(37)12-30)10-18(20)25(39)33(36)2)21-7-5-16(11-19(21)27)35-14-17(41-26(35)40)13-31-24(38)23(28)29/h4-7,10-11,17,23H,3,8-9,12-14,30H2,1-2H3,(H,31,38)(H,32,37)/t17-/m0/s1. The first-order valence-corrected chi connectivity index (χ1v) is 12.8. The Balaban J connectivity index is 1.46. The van der Waals surface area contributed by atoms with Crippen molar-refractivity contribution in [2.45, 2.75) is 26.0 Å². The van der Waals surface area contributed by atoms with Gasteiger partial charge in [0.15, 0.2) is 0 Å². The number of hydrogen-bond acceptors (Lipinski definition) is 7. The monoisotopic (exact) mass is 577 g/mol. The van der Waals surface area contributed by atoms with Crippen molar-refractivity contribution >= 4 is 45.9 Å². The van der Waals surface area contributed by atoms with Crippen LogP contribution in [0.1, 0.15) is 6.92 Å². The summed E-state index contributed by atoms with van der Waals surface area (Å²) in [5, 5.41) is 5.03. The molecule has 0 saturated carbocycles. The van der Waals surface area contributed by atoms with E-state index in [0.717, 1.165) is 4.90 Å². The highest BCUT2D eigenvalue weighted by atomic mass is 19.3. The zero-order valence-corrected chi connectivity index (χ0v) is 22.4. The number of carbonyl (C=O) groups is 3. The third kappa shape index (κ3) is 6.29. The van der Waals surface area contributed by atoms with Gasteiger partial charge in [-0.15, -0.1) is 0 Å². The molecule has 3 amide bonds. The van der Waals surface area contributed by atoms with Crippen molar-refractivity contribution in [3.8, 4) is 0 Å². The minimum Gasteiger partial charge on any atom is -0.442 e. The van der Waals surface area contributed by atoms with Gasteiger partial charge in [0.25, 0.3) is 11.5 Å². The lowest BCUT2D eigenvalue weighted by Gasteiger charge is -2.25. The van der Waals surface area contributed by atoms with Crippen LogP contribution in [0.5, 0.6) is 0 Å². The number of nitrogens with one attached hydrogen (secondary N) is 2. The molecule has 3 aromatic rings. The van der Waals surface area contributed by atoms with Crippen molar-refractivity contribution in [3.63, 3.8) is 0 Å². The number of anilines is 3. The summed E-state index contributed by atoms with van der Waals surface area (Å²) in [6.45, 7) is 2.43. The molecule has 4 rings (SSSR count). The van der Waals surface area contributed by atoms with Gasteiger partial charge in [0.2, 0.25) is 5.91 Å². The number of fused-ring (bicyclic) bond motifs is 1. The minimum atomic E-state index is -3.18. The molecule has 4 N–H and O–H groups in total. The summed E-state index contributed by atoms with van der Waals surface area (Å²) in [7, 11) is 1.62. The van der Waals surface area contributed by atoms with E-state index in [1.54, 1.807) is 40.9 Å². The van der Waals surface area contributed by atoms with E-state index in [-0.39, 0.29) is 42.5 Å². The van der Waals surface area contributed by atoms with Crippen LogP contribution >= 0.6 is 0 Å². The van der Waals surface area contributed by atoms with Crippen LogP contribution in [-0.4, -0.2) is 72.5 Å². The molecule has 0 bridgehead atoms. The van der Waals surface area contributed by atoms with Gasteiger partial charge in [-0.05, 0) is 43.3 Å². The Kier molecular flexibility index (Phi) is 8.86. The predicted molar refractivity (Wildman–Crippen MR) is 146 cm³/mol. The number of hydrogen-bond donors (Lipinski definition) is 3. The van der Waals surface area contributed by atoms with Gasteiger partial charge < -0.3 is 26.0 Å². The SMILES string of the molecule is CCN(CCn1c2ccc(NC(=O)CN)cc2c(=O)n1C)c1ccc(N2C[C@H](CNC(=O)C(F)F)OC2=O)cc1F. The number of aromatic nitrogens is 2. The summed E-state index contributed by atoms with van der Waals surface area (Å²) >= 11 is 0. The number of likely N-dealkylation sites (N-methyl/N-ethyl adjacent to an activating group) is 1. The molecular formula is C26H30F3N7O5. The lowest BCUT2D eigenvalue weighted by Crippen LogP contribution is -2.37. The normalized spacial score (nSPS) is 15.0. The van der Waals surface area contributed by atoms with Crippen molar-refractivity contribution in [2.75, 3.05) is 47.8 Å². The highest BCUT2D eigenvalue weighted by molar-refractivity contribution is 5.94. The average Bonchev–Trinajstić information content (AvgIpc) is 3.44. The van der Waals surface area contributed by atoms with Gasteiger partial charge in [-0.2, -0.15) is 8.78 Å². The van der Waals surface area contributed by atoms with Gasteiger partial charge in [-0.25, -0.2) is 9.18 Å². The molecule has 1 fully saturated rings. The van der Waals surface area contributed by atoms with E-state index in [0.29, 0.717) is 36.2 Å². The summed E-state index contributed by atoms with van der Waals surface area (Å²) in [4.78, 5) is 50.8. The van der Waals surface area contributed by atoms with Crippen LogP contribution in [0.2, 0.25) is 0 Å². The van der Waals surface area contributed by atoms with Gasteiger partial charge in [-0.3, -0.25) is 28.6 Å². The third-order valence-corrected chi connectivity index (χ3v) is 6.75. The third-order valence-electron chi connectivity index (χ3n) is 6.75. The van der Waals surface area contributed by atoms with Crippen LogP contribution < -0.4 is 31.7 Å². The van der Waals surface area contributed by atoms with Crippen LogP contribution in [0.4, 0.5) is 35.0 Å². The van der Waals surface area contributed by atoms with Gasteiger partial charge in [0, 0.05) is 25.8 Å². The number of nitrogens with two attached hydrogens (primary N) is 1. The van der Waals surface area contributed by atoms with Crippen LogP contribution in [0.15, 0.2) is 41.2 Å². The lowest BCUT2D eigenvalue weighted by atomic mass is 10.2. The Labute approximate surface area is 232 Å². The smallest absolute Gasteiger partial charge is 0.414 e. The molecule has 12 nitrogen and oxygen atoms in total. The maximum atomic E-state index is 15.3. The number of amides is 3. The van der Waals surface area contributed by atoms with Crippen molar-refractivity contribution in [1.82, 2.24) is 14.7 Å². The van der Waals surface area contributed by atoms with Crippen LogP contribution in [-0.2, 0) is 27.9 Å². The van der Waals surface area contributed by atoms with E-state index in [9.17, 15) is 28.0 Å². The Morgan fingerprint density at radius 3 is 2.61 bits per heavy atom. The summed E-state index contributed by atoms with van der Waals surface area (Å²) in [6, 6.07) is 9.21. The molecule has 1 atom stereocenters. The second-order valence-corrected chi connectivity index (χ2v) is 9.31. The quantitative estimate of drug-likeness (QED) is 0.314. The molecule has 2 heterocycles. The van der Waals surface area contributed by atoms with Crippen molar-refractivity contribution in [3.05, 3.63) is 52.6 Å². The van der Waals surface area contributed by atoms with E-state index in [4.69, 9.17) is 10.5 Å². The number of benzene rings is 2. The molecule has 15 heteroatoms. The van der Waals surface area contributed by atoms with Crippen molar-refractivity contribution in [2.24, 2.45) is 12.8 Å². The molecule has 0 radical (unpaired) electrons. The summed E-state index contributed by atoms with van der Waals surface area (Å²) in [6.07, 6.45) is -4.83. The fourth-order valence-corrected chi connectivity index (χ4v) is 4.65. The molecular weight excluding hydrogens is 547 g/mol. The second kappa shape index (κ2) is 12.3. The number of cyclic esters (lactones) is 1. The van der Waals surface area contributed by atoms with Crippen LogP contribution in [0.25, 0.3) is 10.9 Å². The molecule has 2 aromatic carbocycles. The Morgan fingerprint density at radius 2 is 1.95 bits per heavy atom. The highest BCUT2D eigenvalue weighted by Crippen LogP contribution is 2.28. The number of nitrogens with zero attached hydrogens (tertiary/aromatic N) is 4. The largest absolute Gasteiger partial charge is 0.442 e. The second-order valence-electron chi connectivity index (χ2n) is 9.31. The van der Waals surface area contributed by atoms with E-state index in [1.807, 2.05) is 12.2 Å². The zero-order chi connectivity index (χ0) is 29.8. The summed E-state index contributed by atoms with van der Waals surface area (Å²) in [5.41, 5.74) is 6.66. The maximum Gasteiger partial charge on any atom is 0.414 e. The molecule has 1 aliphatic rings. The fourth-order valence-electron chi connectivity index (χ4n) is 4.65. The Bertz CT molecular complexity index is 1520. The van der Waals surface area contributed by atoms with E-state index in [1.165, 1.54) is 16.8 Å². The Hall–Kier alpha value is -4.53. The van der Waals surface area contributed by atoms with Crippen molar-refractivity contribution in [1.29, 1.82) is 0 Å². The molecule has 0 spiro atoms. The minimum absolute atomic E-state index is 0.0506. The van der Waals surface area contributed by atoms with Gasteiger partial charge in [-0.1, -0.05) is 0 Å². The highest BCUT2D eigenvalue weighted by Gasteiger charge is 2.33. The van der Waals surface area contributed by atoms with Crippen LogP contribution in [0, 0.1) is 5.82 Å². The maximum absolute atomic E-state index is 15.3. The first kappa shape index (κ1) is 29.5. The first-order valence-electron chi connectivity index (χ1n) is 12.8. The van der Waals surface area contributed by atoms with Gasteiger partial charge >= 0.3 is 12.5 Å². The molecule has 1 saturated heterocycles. The summed E-state index contributed by atoms with van der Waals surface area (Å²) in [5.74, 6) is -2.45. The zero-order valence-electron chi connectivity index (χ0n) is 22.4. The number of carbonyl (C=O) groups excluding carboxylic acids is 3. The molecule has 41 heavy (non-hydrogen) atoms. The molecule has 0 unspecified atom stereocenters. The van der Waals surface area contributed by atoms with Gasteiger partial charge in [0.1, 0.15) is 11.9 Å². The first-order chi connectivity index (χ1) is 19.5. The topological polar surface area (TPSA) is 144 Å². The number of ether oxygens (including phenoxy) is 1. The number of halogens is 3. The fraction of sp³-hybridized carbons (Fsp3) is 0.385. The molecule has 220 valence electrons. The molecule has 1 aliphatic heterocycles. The number of rotatable bonds is 11. The average molecular weight is 578 g/mol. The van der Waals surface area contributed by atoms with Crippen molar-refractivity contribution < 1.29 is 32.3 Å². The van der Waals surface area contributed by atoms with Crippen LogP contribution in [0.3, 0.4) is 0 Å². The van der Waals surface area contributed by atoms with E-state index >= 15 is 4.39 Å². The Morgan fingerprint density at radius 1 is 1.20 bits per heavy atom. The van der Waals surface area contributed by atoms with E-state index in [2.05, 4.69) is 5.32 Å². The summed E-state index contributed by atoms with van der Waals surface area (Å²) < 4.78 is 48.4. The molecule has 1 aromatic heterocycles. The number of alkyl halides is 2.